The van der Waals surface area contributed by atoms with Crippen LogP contribution in [0.15, 0.2) is 0 Å². The Morgan fingerprint density at radius 2 is 1.67 bits per heavy atom. The van der Waals surface area contributed by atoms with Crippen LogP contribution in [0.4, 0.5) is 0 Å². The first kappa shape index (κ1) is 18.5. The number of hydrogen-bond acceptors (Lipinski definition) is 3. The molecule has 9 atom stereocenters. The van der Waals surface area contributed by atoms with E-state index in [0.29, 0.717) is 12.0 Å². The van der Waals surface area contributed by atoms with Gasteiger partial charge in [0, 0.05) is 0 Å². The highest BCUT2D eigenvalue weighted by Crippen LogP contribution is 2.68. The largest absolute Gasteiger partial charge is 0.436 e. The van der Waals surface area contributed by atoms with Crippen molar-refractivity contribution in [2.45, 2.75) is 92.0 Å². The molecular weight excluding hydrogens is 336 g/mol. The predicted octanol–water partition coefficient (Wildman–Crippen LogP) is 5.43. The summed E-state index contributed by atoms with van der Waals surface area (Å²) in [7, 11) is 0. The molecule has 0 aromatic carbocycles. The van der Waals surface area contributed by atoms with E-state index in [1.807, 2.05) is 6.92 Å². The van der Waals surface area contributed by atoms with Crippen molar-refractivity contribution in [3.05, 3.63) is 0 Å². The van der Waals surface area contributed by atoms with Crippen molar-refractivity contribution in [2.24, 2.45) is 52.3 Å². The molecule has 0 aromatic rings. The molecule has 5 fully saturated rings. The highest BCUT2D eigenvalue weighted by molar-refractivity contribution is 5.81. The zero-order valence-corrected chi connectivity index (χ0v) is 17.9. The highest BCUT2D eigenvalue weighted by atomic mass is 16.7. The predicted molar refractivity (Wildman–Crippen MR) is 105 cm³/mol. The third-order valence-electron chi connectivity index (χ3n) is 9.37. The van der Waals surface area contributed by atoms with Crippen LogP contribution in [0, 0.1) is 52.3 Å². The van der Waals surface area contributed by atoms with Gasteiger partial charge in [-0.3, -0.25) is 4.79 Å². The highest BCUT2D eigenvalue weighted by Gasteiger charge is 2.67. The van der Waals surface area contributed by atoms with Crippen molar-refractivity contribution in [1.82, 2.24) is 0 Å². The molecule has 3 heteroatoms. The molecule has 0 N–H and O–H groups in total. The minimum Gasteiger partial charge on any atom is -0.436 e. The quantitative estimate of drug-likeness (QED) is 0.353. The van der Waals surface area contributed by atoms with Crippen molar-refractivity contribution < 1.29 is 14.3 Å². The fraction of sp³-hybridized carbons (Fsp3) is 0.958. The summed E-state index contributed by atoms with van der Waals surface area (Å²) in [5.74, 6) is 6.04. The molecule has 0 aliphatic heterocycles. The third-order valence-corrected chi connectivity index (χ3v) is 9.37. The molecular formula is C24H38O3. The lowest BCUT2D eigenvalue weighted by Gasteiger charge is -2.39. The fourth-order valence-corrected chi connectivity index (χ4v) is 8.39. The number of carbonyl (C=O) groups excluding carboxylic acids is 1. The van der Waals surface area contributed by atoms with E-state index in [9.17, 15) is 4.79 Å². The SMILES string of the molecule is CC(C)CC1(C(=O)OC(C)OC2CC3CC2C2C4CCC(C4)C32)CC1(C)C. The van der Waals surface area contributed by atoms with Gasteiger partial charge in [-0.05, 0) is 98.7 Å². The Balaban J connectivity index is 1.20. The van der Waals surface area contributed by atoms with Gasteiger partial charge in [0.25, 0.3) is 0 Å². The number of rotatable bonds is 6. The summed E-state index contributed by atoms with van der Waals surface area (Å²) in [5.41, 5.74) is -0.222. The van der Waals surface area contributed by atoms with Gasteiger partial charge in [-0.1, -0.05) is 27.7 Å². The van der Waals surface area contributed by atoms with E-state index in [1.165, 1.54) is 32.1 Å². The van der Waals surface area contributed by atoms with E-state index in [0.717, 1.165) is 48.3 Å². The molecule has 5 aliphatic carbocycles. The standard InChI is InChI=1S/C24H38O3/c1-13(2)11-24(12-23(24,4)5)22(25)27-14(3)26-19-10-17-9-18(19)21-16-7-6-15(8-16)20(17)21/h13-21H,6-12H2,1-5H3. The van der Waals surface area contributed by atoms with Crippen molar-refractivity contribution in [3.63, 3.8) is 0 Å². The van der Waals surface area contributed by atoms with Crippen molar-refractivity contribution in [3.8, 4) is 0 Å². The molecule has 152 valence electrons. The molecule has 27 heavy (non-hydrogen) atoms. The minimum atomic E-state index is -0.403. The Kier molecular flexibility index (Phi) is 4.08. The summed E-state index contributed by atoms with van der Waals surface area (Å²) >= 11 is 0. The Morgan fingerprint density at radius 3 is 2.30 bits per heavy atom. The number of fused-ring (bicyclic) bond motifs is 9. The van der Waals surface area contributed by atoms with Gasteiger partial charge < -0.3 is 9.47 Å². The first-order valence-electron chi connectivity index (χ1n) is 11.6. The molecule has 0 aromatic heterocycles. The average molecular weight is 375 g/mol. The second-order valence-corrected chi connectivity index (χ2v) is 11.8. The van der Waals surface area contributed by atoms with Gasteiger partial charge in [0.1, 0.15) is 0 Å². The minimum absolute atomic E-state index is 0.0188. The summed E-state index contributed by atoms with van der Waals surface area (Å²) in [6, 6.07) is 0. The molecule has 0 amide bonds. The molecule has 0 saturated heterocycles. The molecule has 4 bridgehead atoms. The zero-order valence-electron chi connectivity index (χ0n) is 17.9. The van der Waals surface area contributed by atoms with Gasteiger partial charge in [0.2, 0.25) is 0 Å². The fourth-order valence-electron chi connectivity index (χ4n) is 8.39. The van der Waals surface area contributed by atoms with Crippen LogP contribution in [0.25, 0.3) is 0 Å². The monoisotopic (exact) mass is 374 g/mol. The van der Waals surface area contributed by atoms with Crippen LogP contribution in [0.3, 0.4) is 0 Å². The zero-order chi connectivity index (χ0) is 19.1. The summed E-state index contributed by atoms with van der Waals surface area (Å²) in [4.78, 5) is 13.0. The maximum atomic E-state index is 13.0. The first-order chi connectivity index (χ1) is 12.7. The van der Waals surface area contributed by atoms with E-state index in [4.69, 9.17) is 9.47 Å². The molecule has 9 unspecified atom stereocenters. The van der Waals surface area contributed by atoms with Gasteiger partial charge in [-0.2, -0.15) is 0 Å². The summed E-state index contributed by atoms with van der Waals surface area (Å²) in [6.07, 6.45) is 8.81. The Bertz CT molecular complexity index is 625. The van der Waals surface area contributed by atoms with E-state index in [2.05, 4.69) is 27.7 Å². The topological polar surface area (TPSA) is 35.5 Å². The van der Waals surface area contributed by atoms with E-state index in [1.54, 1.807) is 0 Å². The Hall–Kier alpha value is -0.570. The number of esters is 1. The van der Waals surface area contributed by atoms with Gasteiger partial charge >= 0.3 is 5.97 Å². The maximum absolute atomic E-state index is 13.0. The van der Waals surface area contributed by atoms with Gasteiger partial charge in [0.05, 0.1) is 11.5 Å². The van der Waals surface area contributed by atoms with Crippen LogP contribution in [0.5, 0.6) is 0 Å². The van der Waals surface area contributed by atoms with Crippen molar-refractivity contribution in [2.75, 3.05) is 0 Å². The lowest BCUT2D eigenvalue weighted by atomic mass is 9.70. The smallest absolute Gasteiger partial charge is 0.314 e. The van der Waals surface area contributed by atoms with Crippen LogP contribution < -0.4 is 0 Å². The van der Waals surface area contributed by atoms with Crippen LogP contribution in [0.2, 0.25) is 0 Å². The van der Waals surface area contributed by atoms with Gasteiger partial charge in [-0.15, -0.1) is 0 Å². The van der Waals surface area contributed by atoms with E-state index in [-0.39, 0.29) is 16.8 Å². The van der Waals surface area contributed by atoms with E-state index < -0.39 is 6.29 Å². The summed E-state index contributed by atoms with van der Waals surface area (Å²) in [5, 5.41) is 0. The molecule has 5 saturated carbocycles. The average Bonchev–Trinajstić information content (AvgIpc) is 3.13. The maximum Gasteiger partial charge on any atom is 0.314 e. The van der Waals surface area contributed by atoms with Crippen LogP contribution in [-0.2, 0) is 14.3 Å². The van der Waals surface area contributed by atoms with Gasteiger partial charge in [-0.25, -0.2) is 0 Å². The van der Waals surface area contributed by atoms with Crippen LogP contribution in [0.1, 0.15) is 79.6 Å². The third kappa shape index (κ3) is 2.66. The normalized spacial score (nSPS) is 49.5. The number of carbonyl (C=O) groups is 1. The summed E-state index contributed by atoms with van der Waals surface area (Å²) in [6.45, 7) is 10.7. The number of hydrogen-bond donors (Lipinski definition) is 0. The van der Waals surface area contributed by atoms with Crippen LogP contribution in [-0.4, -0.2) is 18.4 Å². The van der Waals surface area contributed by atoms with Crippen molar-refractivity contribution >= 4 is 5.97 Å². The first-order valence-corrected chi connectivity index (χ1v) is 11.6. The van der Waals surface area contributed by atoms with E-state index >= 15 is 0 Å². The Labute approximate surface area is 164 Å². The summed E-state index contributed by atoms with van der Waals surface area (Å²) < 4.78 is 12.3. The molecule has 5 aliphatic rings. The molecule has 3 nitrogen and oxygen atoms in total. The van der Waals surface area contributed by atoms with Crippen LogP contribution >= 0.6 is 0 Å². The van der Waals surface area contributed by atoms with Crippen molar-refractivity contribution in [1.29, 1.82) is 0 Å². The molecule has 5 rings (SSSR count). The van der Waals surface area contributed by atoms with Gasteiger partial charge in [0.15, 0.2) is 6.29 Å². The Morgan fingerprint density at radius 1 is 1.00 bits per heavy atom. The molecule has 0 heterocycles. The second-order valence-electron chi connectivity index (χ2n) is 11.8. The molecule has 0 radical (unpaired) electrons. The second kappa shape index (κ2) is 5.97. The lowest BCUT2D eigenvalue weighted by Crippen LogP contribution is -2.39. The lowest BCUT2D eigenvalue weighted by molar-refractivity contribution is -0.200. The number of ether oxygens (including phenoxy) is 2. The molecule has 0 spiro atoms.